The first-order chi connectivity index (χ1) is 10.3. The van der Waals surface area contributed by atoms with Crippen LogP contribution in [0.2, 0.25) is 0 Å². The van der Waals surface area contributed by atoms with E-state index in [9.17, 15) is 0 Å². The summed E-state index contributed by atoms with van der Waals surface area (Å²) in [7, 11) is 0. The minimum Gasteiger partial charge on any atom is -0.424 e. The number of nitrogens with one attached hydrogen (secondary N) is 1. The van der Waals surface area contributed by atoms with Crippen molar-refractivity contribution < 1.29 is 4.42 Å². The Bertz CT molecular complexity index is 770. The highest BCUT2D eigenvalue weighted by molar-refractivity contribution is 5.80. The molecule has 2 aromatic heterocycles. The van der Waals surface area contributed by atoms with Crippen molar-refractivity contribution in [2.75, 3.05) is 0 Å². The highest BCUT2D eigenvalue weighted by atomic mass is 16.4. The van der Waals surface area contributed by atoms with Gasteiger partial charge in [0.2, 0.25) is 11.8 Å². The van der Waals surface area contributed by atoms with Gasteiger partial charge in [0.25, 0.3) is 0 Å². The van der Waals surface area contributed by atoms with Gasteiger partial charge in [-0.1, -0.05) is 12.1 Å². The van der Waals surface area contributed by atoms with Gasteiger partial charge in [0.05, 0.1) is 0 Å². The number of nitrogens with zero attached hydrogens (tertiary/aromatic N) is 3. The summed E-state index contributed by atoms with van der Waals surface area (Å²) in [4.78, 5) is 0. The third-order valence-corrected chi connectivity index (χ3v) is 3.88. The van der Waals surface area contributed by atoms with Gasteiger partial charge in [-0.25, -0.2) is 0 Å². The van der Waals surface area contributed by atoms with Gasteiger partial charge in [0, 0.05) is 31.2 Å². The summed E-state index contributed by atoms with van der Waals surface area (Å²) in [6.45, 7) is 3.36. The number of aryl methyl sites for hydroxylation is 1. The molecule has 0 unspecified atom stereocenters. The Morgan fingerprint density at radius 1 is 1.29 bits per heavy atom. The summed E-state index contributed by atoms with van der Waals surface area (Å²) in [5.74, 6) is 1.25. The van der Waals surface area contributed by atoms with Crippen molar-refractivity contribution in [2.45, 2.75) is 38.9 Å². The van der Waals surface area contributed by atoms with Crippen LogP contribution in [0.5, 0.6) is 0 Å². The minimum atomic E-state index is 0.607. The van der Waals surface area contributed by atoms with Crippen LogP contribution < -0.4 is 5.32 Å². The maximum Gasteiger partial charge on any atom is 0.236 e. The zero-order valence-electron chi connectivity index (χ0n) is 12.0. The van der Waals surface area contributed by atoms with Crippen LogP contribution in [0, 0.1) is 6.92 Å². The molecule has 0 radical (unpaired) electrons. The first-order valence-corrected chi connectivity index (χ1v) is 7.38. The third kappa shape index (κ3) is 2.69. The monoisotopic (exact) mass is 282 g/mol. The molecule has 1 aliphatic rings. The summed E-state index contributed by atoms with van der Waals surface area (Å²) in [5.41, 5.74) is 2.53. The lowest BCUT2D eigenvalue weighted by molar-refractivity contribution is 0.457. The molecule has 5 heteroatoms. The Labute approximate surface area is 123 Å². The number of benzene rings is 1. The largest absolute Gasteiger partial charge is 0.424 e. The predicted molar refractivity (Wildman–Crippen MR) is 79.9 cm³/mol. The Hall–Kier alpha value is -2.14. The number of hydrogen-bond donors (Lipinski definition) is 1. The molecule has 0 spiro atoms. The molecule has 5 nitrogen and oxygen atoms in total. The summed E-state index contributed by atoms with van der Waals surface area (Å²) in [5, 5.41) is 12.7. The second-order valence-corrected chi connectivity index (χ2v) is 5.71. The van der Waals surface area contributed by atoms with Gasteiger partial charge in [-0.05, 0) is 35.9 Å². The van der Waals surface area contributed by atoms with Crippen LogP contribution in [-0.2, 0) is 13.1 Å². The Balaban J connectivity index is 1.60. The number of aromatic nitrogens is 3. The molecule has 1 saturated carbocycles. The van der Waals surface area contributed by atoms with Crippen molar-refractivity contribution in [2.24, 2.45) is 0 Å². The number of rotatable bonds is 5. The van der Waals surface area contributed by atoms with E-state index < -0.39 is 0 Å². The van der Waals surface area contributed by atoms with E-state index >= 15 is 0 Å². The summed E-state index contributed by atoms with van der Waals surface area (Å²) < 4.78 is 7.62. The Kier molecular flexibility index (Phi) is 3.00. The first kappa shape index (κ1) is 12.6. The molecule has 0 amide bonds. The summed E-state index contributed by atoms with van der Waals surface area (Å²) >= 11 is 0. The topological polar surface area (TPSA) is 55.9 Å². The minimum absolute atomic E-state index is 0.607. The average molecular weight is 282 g/mol. The molecule has 1 aliphatic carbocycles. The molecule has 0 atom stereocenters. The molecular weight excluding hydrogens is 264 g/mol. The van der Waals surface area contributed by atoms with Crippen LogP contribution in [0.25, 0.3) is 10.9 Å². The van der Waals surface area contributed by atoms with Gasteiger partial charge in [-0.2, -0.15) is 0 Å². The van der Waals surface area contributed by atoms with Crippen molar-refractivity contribution in [1.29, 1.82) is 0 Å². The molecular formula is C16H18N4O. The Morgan fingerprint density at radius 2 is 2.19 bits per heavy atom. The van der Waals surface area contributed by atoms with Gasteiger partial charge in [-0.3, -0.25) is 0 Å². The van der Waals surface area contributed by atoms with Crippen molar-refractivity contribution >= 4 is 10.9 Å². The van der Waals surface area contributed by atoms with E-state index in [1.807, 2.05) is 6.92 Å². The van der Waals surface area contributed by atoms with Crippen LogP contribution in [0.15, 0.2) is 34.9 Å². The lowest BCUT2D eigenvalue weighted by atomic mass is 10.1. The van der Waals surface area contributed by atoms with Crippen LogP contribution in [-0.4, -0.2) is 20.8 Å². The molecule has 4 rings (SSSR count). The fraction of sp³-hybridized carbons (Fsp3) is 0.375. The van der Waals surface area contributed by atoms with Crippen LogP contribution in [0.1, 0.15) is 30.2 Å². The SMILES string of the molecule is Cc1nnc(Cn2ccc3ccc(CNC4CC4)cc32)o1. The van der Waals surface area contributed by atoms with Gasteiger partial charge < -0.3 is 14.3 Å². The smallest absolute Gasteiger partial charge is 0.236 e. The van der Waals surface area contributed by atoms with Crippen molar-refractivity contribution in [3.05, 3.63) is 47.8 Å². The molecule has 1 aromatic carbocycles. The van der Waals surface area contributed by atoms with Crippen LogP contribution in [0.3, 0.4) is 0 Å². The van der Waals surface area contributed by atoms with E-state index in [0.29, 0.717) is 18.3 Å². The van der Waals surface area contributed by atoms with Crippen molar-refractivity contribution in [3.8, 4) is 0 Å². The fourth-order valence-electron chi connectivity index (χ4n) is 2.57. The molecule has 108 valence electrons. The van der Waals surface area contributed by atoms with Crippen LogP contribution in [0.4, 0.5) is 0 Å². The van der Waals surface area contributed by atoms with E-state index in [1.54, 1.807) is 0 Å². The standard InChI is InChI=1S/C16H18N4O/c1-11-18-19-16(21-11)10-20-7-6-13-3-2-12(8-15(13)20)9-17-14-4-5-14/h2-3,6-8,14,17H,4-5,9-10H2,1H3. The quantitative estimate of drug-likeness (QED) is 0.781. The van der Waals surface area contributed by atoms with Gasteiger partial charge in [0.1, 0.15) is 6.54 Å². The predicted octanol–water partition coefficient (Wildman–Crippen LogP) is 2.63. The fourth-order valence-corrected chi connectivity index (χ4v) is 2.57. The molecule has 1 fully saturated rings. The zero-order valence-corrected chi connectivity index (χ0v) is 12.0. The van der Waals surface area contributed by atoms with E-state index in [0.717, 1.165) is 12.6 Å². The molecule has 1 N–H and O–H groups in total. The second kappa shape index (κ2) is 5.00. The second-order valence-electron chi connectivity index (χ2n) is 5.71. The summed E-state index contributed by atoms with van der Waals surface area (Å²) in [6, 6.07) is 9.46. The number of fused-ring (bicyclic) bond motifs is 1. The normalized spacial score (nSPS) is 14.9. The molecule has 0 saturated heterocycles. The zero-order chi connectivity index (χ0) is 14.2. The molecule has 0 bridgehead atoms. The Morgan fingerprint density at radius 3 is 2.95 bits per heavy atom. The van der Waals surface area contributed by atoms with Crippen LogP contribution >= 0.6 is 0 Å². The van der Waals surface area contributed by atoms with Gasteiger partial charge >= 0.3 is 0 Å². The maximum absolute atomic E-state index is 5.47. The molecule has 21 heavy (non-hydrogen) atoms. The number of hydrogen-bond acceptors (Lipinski definition) is 4. The highest BCUT2D eigenvalue weighted by Gasteiger charge is 2.20. The van der Waals surface area contributed by atoms with Gasteiger partial charge in [-0.15, -0.1) is 10.2 Å². The van der Waals surface area contributed by atoms with E-state index in [-0.39, 0.29) is 0 Å². The third-order valence-electron chi connectivity index (χ3n) is 3.88. The highest BCUT2D eigenvalue weighted by Crippen LogP contribution is 2.22. The van der Waals surface area contributed by atoms with Crippen molar-refractivity contribution in [1.82, 2.24) is 20.1 Å². The molecule has 3 aromatic rings. The first-order valence-electron chi connectivity index (χ1n) is 7.38. The maximum atomic E-state index is 5.47. The lowest BCUT2D eigenvalue weighted by Crippen LogP contribution is -2.15. The molecule has 2 heterocycles. The van der Waals surface area contributed by atoms with Crippen molar-refractivity contribution in [3.63, 3.8) is 0 Å². The lowest BCUT2D eigenvalue weighted by Gasteiger charge is -2.06. The van der Waals surface area contributed by atoms with Gasteiger partial charge in [0.15, 0.2) is 0 Å². The van der Waals surface area contributed by atoms with E-state index in [1.165, 1.54) is 29.3 Å². The van der Waals surface area contributed by atoms with E-state index in [4.69, 9.17) is 4.42 Å². The molecule has 0 aliphatic heterocycles. The van der Waals surface area contributed by atoms with E-state index in [2.05, 4.69) is 50.5 Å². The average Bonchev–Trinajstić information content (AvgIpc) is 3.12. The summed E-state index contributed by atoms with van der Waals surface area (Å²) in [6.07, 6.45) is 4.70.